The highest BCUT2D eigenvalue weighted by atomic mass is 35.5. The molecule has 1 aromatic carbocycles. The SMILES string of the molecule is CCOC(OCC)c1cc(-c2cnc(N)nc2N)cc(Cl)c1Cl. The number of rotatable bonds is 6. The van der Waals surface area contributed by atoms with Crippen molar-refractivity contribution in [2.75, 3.05) is 24.7 Å². The molecule has 0 aliphatic rings. The predicted molar refractivity (Wildman–Crippen MR) is 92.3 cm³/mol. The molecule has 0 bridgehead atoms. The monoisotopic (exact) mass is 356 g/mol. The van der Waals surface area contributed by atoms with Crippen LogP contribution in [0.4, 0.5) is 11.8 Å². The first-order chi connectivity index (χ1) is 11.0. The van der Waals surface area contributed by atoms with Crippen LogP contribution in [0.2, 0.25) is 10.0 Å². The summed E-state index contributed by atoms with van der Waals surface area (Å²) >= 11 is 12.6. The molecule has 0 unspecified atom stereocenters. The van der Waals surface area contributed by atoms with Crippen LogP contribution in [0.5, 0.6) is 0 Å². The fraction of sp³-hybridized carbons (Fsp3) is 0.333. The van der Waals surface area contributed by atoms with E-state index in [0.29, 0.717) is 39.9 Å². The quantitative estimate of drug-likeness (QED) is 0.766. The van der Waals surface area contributed by atoms with Crippen LogP contribution in [-0.4, -0.2) is 23.2 Å². The molecular formula is C15H18Cl2N4O2. The molecule has 0 saturated carbocycles. The standard InChI is InChI=1S/C15H18Cl2N4O2/c1-3-22-14(23-4-2)9-5-8(6-11(16)12(9)17)10-7-20-15(19)21-13(10)18/h5-7,14H,3-4H2,1-2H3,(H4,18,19,20,21). The number of aromatic nitrogens is 2. The number of ether oxygens (including phenoxy) is 2. The lowest BCUT2D eigenvalue weighted by Crippen LogP contribution is -2.10. The van der Waals surface area contributed by atoms with Gasteiger partial charge in [-0.2, -0.15) is 4.98 Å². The molecule has 6 nitrogen and oxygen atoms in total. The fourth-order valence-corrected chi connectivity index (χ4v) is 2.52. The lowest BCUT2D eigenvalue weighted by atomic mass is 10.0. The number of nitrogens with two attached hydrogens (primary N) is 2. The van der Waals surface area contributed by atoms with E-state index in [0.717, 1.165) is 0 Å². The fourth-order valence-electron chi connectivity index (χ4n) is 2.10. The molecule has 124 valence electrons. The van der Waals surface area contributed by atoms with Crippen LogP contribution in [0.1, 0.15) is 25.7 Å². The molecule has 23 heavy (non-hydrogen) atoms. The van der Waals surface area contributed by atoms with Crippen LogP contribution >= 0.6 is 23.2 Å². The molecule has 2 aromatic rings. The second-order valence-corrected chi connectivity index (χ2v) is 5.42. The Balaban J connectivity index is 2.54. The maximum absolute atomic E-state index is 6.31. The van der Waals surface area contributed by atoms with Crippen molar-refractivity contribution in [1.82, 2.24) is 9.97 Å². The van der Waals surface area contributed by atoms with Crippen molar-refractivity contribution < 1.29 is 9.47 Å². The molecule has 0 radical (unpaired) electrons. The van der Waals surface area contributed by atoms with Crippen LogP contribution in [-0.2, 0) is 9.47 Å². The van der Waals surface area contributed by atoms with Crippen molar-refractivity contribution in [1.29, 1.82) is 0 Å². The van der Waals surface area contributed by atoms with Gasteiger partial charge in [0.05, 0.1) is 10.0 Å². The zero-order valence-electron chi connectivity index (χ0n) is 12.8. The van der Waals surface area contributed by atoms with Gasteiger partial charge in [0.2, 0.25) is 5.95 Å². The van der Waals surface area contributed by atoms with Gasteiger partial charge >= 0.3 is 0 Å². The molecule has 0 atom stereocenters. The summed E-state index contributed by atoms with van der Waals surface area (Å²) in [6.07, 6.45) is 0.920. The Morgan fingerprint density at radius 3 is 2.35 bits per heavy atom. The van der Waals surface area contributed by atoms with Gasteiger partial charge in [-0.1, -0.05) is 23.2 Å². The van der Waals surface area contributed by atoms with Crippen molar-refractivity contribution in [2.24, 2.45) is 0 Å². The zero-order valence-corrected chi connectivity index (χ0v) is 14.4. The van der Waals surface area contributed by atoms with Gasteiger partial charge in [-0.05, 0) is 31.5 Å². The van der Waals surface area contributed by atoms with E-state index in [1.165, 1.54) is 6.20 Å². The van der Waals surface area contributed by atoms with Gasteiger partial charge in [0.1, 0.15) is 5.82 Å². The van der Waals surface area contributed by atoms with Crippen molar-refractivity contribution in [3.63, 3.8) is 0 Å². The summed E-state index contributed by atoms with van der Waals surface area (Å²) in [7, 11) is 0. The van der Waals surface area contributed by atoms with Gasteiger partial charge in [-0.15, -0.1) is 0 Å². The second kappa shape index (κ2) is 7.79. The van der Waals surface area contributed by atoms with Gasteiger partial charge in [0.15, 0.2) is 6.29 Å². The van der Waals surface area contributed by atoms with Gasteiger partial charge < -0.3 is 20.9 Å². The Morgan fingerprint density at radius 1 is 1.13 bits per heavy atom. The number of nitrogens with zero attached hydrogens (tertiary/aromatic N) is 2. The minimum atomic E-state index is -0.620. The summed E-state index contributed by atoms with van der Waals surface area (Å²) in [4.78, 5) is 7.92. The number of anilines is 2. The highest BCUT2D eigenvalue weighted by molar-refractivity contribution is 6.42. The highest BCUT2D eigenvalue weighted by Gasteiger charge is 2.20. The molecule has 0 aliphatic carbocycles. The third kappa shape index (κ3) is 4.03. The second-order valence-electron chi connectivity index (χ2n) is 4.63. The third-order valence-electron chi connectivity index (χ3n) is 3.09. The number of hydrogen-bond donors (Lipinski definition) is 2. The lowest BCUT2D eigenvalue weighted by Gasteiger charge is -2.20. The smallest absolute Gasteiger partial charge is 0.221 e. The first kappa shape index (κ1) is 17.7. The number of benzene rings is 1. The highest BCUT2D eigenvalue weighted by Crippen LogP contribution is 2.38. The average Bonchev–Trinajstić information content (AvgIpc) is 2.50. The van der Waals surface area contributed by atoms with E-state index in [2.05, 4.69) is 9.97 Å². The molecule has 0 fully saturated rings. The molecule has 1 heterocycles. The molecule has 1 aromatic heterocycles. The summed E-state index contributed by atoms with van der Waals surface area (Å²) in [6, 6.07) is 3.49. The Kier molecular flexibility index (Phi) is 6.01. The average molecular weight is 357 g/mol. The van der Waals surface area contributed by atoms with Gasteiger partial charge in [-0.25, -0.2) is 4.98 Å². The summed E-state index contributed by atoms with van der Waals surface area (Å²) in [5.41, 5.74) is 13.4. The topological polar surface area (TPSA) is 96.3 Å². The summed E-state index contributed by atoms with van der Waals surface area (Å²) in [6.45, 7) is 4.68. The van der Waals surface area contributed by atoms with Gasteiger partial charge in [0, 0.05) is 30.5 Å². The maximum atomic E-state index is 6.31. The molecule has 0 spiro atoms. The zero-order chi connectivity index (χ0) is 17.0. The van der Waals surface area contributed by atoms with E-state index in [1.54, 1.807) is 12.1 Å². The van der Waals surface area contributed by atoms with Crippen molar-refractivity contribution in [3.05, 3.63) is 33.9 Å². The number of halogens is 2. The van der Waals surface area contributed by atoms with Gasteiger partial charge in [0.25, 0.3) is 0 Å². The van der Waals surface area contributed by atoms with Crippen LogP contribution in [0.3, 0.4) is 0 Å². The van der Waals surface area contributed by atoms with E-state index in [1.807, 2.05) is 13.8 Å². The minimum absolute atomic E-state index is 0.105. The van der Waals surface area contributed by atoms with Crippen LogP contribution in [0.25, 0.3) is 11.1 Å². The number of hydrogen-bond acceptors (Lipinski definition) is 6. The normalized spacial score (nSPS) is 11.2. The van der Waals surface area contributed by atoms with Crippen LogP contribution in [0.15, 0.2) is 18.3 Å². The van der Waals surface area contributed by atoms with Gasteiger partial charge in [-0.3, -0.25) is 0 Å². The predicted octanol–water partition coefficient (Wildman–Crippen LogP) is 3.69. The molecule has 0 amide bonds. The summed E-state index contributed by atoms with van der Waals surface area (Å²) in [5, 5.41) is 0.733. The number of nitrogen functional groups attached to an aromatic ring is 2. The molecule has 8 heteroatoms. The first-order valence-electron chi connectivity index (χ1n) is 7.08. The maximum Gasteiger partial charge on any atom is 0.221 e. The molecular weight excluding hydrogens is 339 g/mol. The molecule has 2 rings (SSSR count). The first-order valence-corrected chi connectivity index (χ1v) is 7.84. The minimum Gasteiger partial charge on any atom is -0.383 e. The molecule has 0 saturated heterocycles. The Labute approximate surface area is 144 Å². The third-order valence-corrected chi connectivity index (χ3v) is 3.91. The van der Waals surface area contributed by atoms with E-state index in [-0.39, 0.29) is 11.8 Å². The van der Waals surface area contributed by atoms with E-state index in [9.17, 15) is 0 Å². The van der Waals surface area contributed by atoms with Crippen LogP contribution in [0, 0.1) is 0 Å². The van der Waals surface area contributed by atoms with E-state index < -0.39 is 6.29 Å². The Hall–Kier alpha value is -1.60. The lowest BCUT2D eigenvalue weighted by molar-refractivity contribution is -0.140. The largest absolute Gasteiger partial charge is 0.383 e. The molecule has 0 aliphatic heterocycles. The van der Waals surface area contributed by atoms with Crippen molar-refractivity contribution >= 4 is 35.0 Å². The Bertz CT molecular complexity index is 691. The Morgan fingerprint density at radius 2 is 1.78 bits per heavy atom. The van der Waals surface area contributed by atoms with Crippen molar-refractivity contribution in [2.45, 2.75) is 20.1 Å². The summed E-state index contributed by atoms with van der Waals surface area (Å²) in [5.74, 6) is 0.360. The van der Waals surface area contributed by atoms with E-state index >= 15 is 0 Å². The molecule has 4 N–H and O–H groups in total. The van der Waals surface area contributed by atoms with Crippen molar-refractivity contribution in [3.8, 4) is 11.1 Å². The summed E-state index contributed by atoms with van der Waals surface area (Å²) < 4.78 is 11.2. The van der Waals surface area contributed by atoms with Crippen LogP contribution < -0.4 is 11.5 Å². The van der Waals surface area contributed by atoms with E-state index in [4.69, 9.17) is 44.1 Å².